The fraction of sp³-hybridized carbons (Fsp3) is 0.619. The number of rotatable bonds is 6. The molecule has 0 spiro atoms. The second kappa shape index (κ2) is 11.4. The van der Waals surface area contributed by atoms with Crippen LogP contribution in [0.3, 0.4) is 0 Å². The van der Waals surface area contributed by atoms with Gasteiger partial charge in [-0.15, -0.1) is 12.4 Å². The number of carbonyl (C=O) groups excluding carboxylic acids is 2. The molecule has 0 bridgehead atoms. The van der Waals surface area contributed by atoms with E-state index in [1.807, 2.05) is 34.1 Å². The summed E-state index contributed by atoms with van der Waals surface area (Å²) in [4.78, 5) is 28.9. The topological polar surface area (TPSA) is 85.1 Å². The number of nitrogens with zero attached hydrogens (tertiary/aromatic N) is 2. The number of nitrogens with two attached hydrogens (primary N) is 1. The van der Waals surface area contributed by atoms with Crippen LogP contribution < -0.4 is 10.5 Å². The van der Waals surface area contributed by atoms with Crippen molar-refractivity contribution in [1.82, 2.24) is 9.80 Å². The molecule has 8 heteroatoms. The number of hydrogen-bond donors (Lipinski definition) is 1. The van der Waals surface area contributed by atoms with Gasteiger partial charge in [0.1, 0.15) is 5.75 Å². The summed E-state index contributed by atoms with van der Waals surface area (Å²) in [5, 5.41) is 0. The standard InChI is InChI=1S/C21H31N3O4.ClH/c1-27-18-5-2-16(3-6-18)4-7-19(25)23-10-12-24(13-11-23)21(26)20(22)17-8-14-28-15-9-17;/h2-3,5-6,17,20H,4,7-15,22H2,1H3;1H. The first-order chi connectivity index (χ1) is 13.6. The highest BCUT2D eigenvalue weighted by molar-refractivity contribution is 5.85. The minimum Gasteiger partial charge on any atom is -0.497 e. The summed E-state index contributed by atoms with van der Waals surface area (Å²) >= 11 is 0. The van der Waals surface area contributed by atoms with Crippen molar-refractivity contribution >= 4 is 24.2 Å². The van der Waals surface area contributed by atoms with E-state index >= 15 is 0 Å². The van der Waals surface area contributed by atoms with Crippen LogP contribution in [0.15, 0.2) is 24.3 Å². The molecular weight excluding hydrogens is 394 g/mol. The van der Waals surface area contributed by atoms with E-state index in [2.05, 4.69) is 0 Å². The molecule has 2 N–H and O–H groups in total. The Morgan fingerprint density at radius 2 is 1.69 bits per heavy atom. The maximum absolute atomic E-state index is 12.7. The molecule has 1 unspecified atom stereocenters. The van der Waals surface area contributed by atoms with Gasteiger partial charge < -0.3 is 25.0 Å². The maximum Gasteiger partial charge on any atom is 0.239 e. The highest BCUT2D eigenvalue weighted by Crippen LogP contribution is 2.20. The van der Waals surface area contributed by atoms with Gasteiger partial charge in [-0.25, -0.2) is 0 Å². The van der Waals surface area contributed by atoms with E-state index in [1.165, 1.54) is 0 Å². The Balaban J connectivity index is 0.00000300. The van der Waals surface area contributed by atoms with Crippen molar-refractivity contribution < 1.29 is 19.1 Å². The molecule has 162 valence electrons. The number of hydrogen-bond acceptors (Lipinski definition) is 5. The molecule has 1 aromatic carbocycles. The number of carbonyl (C=O) groups is 2. The number of ether oxygens (including phenoxy) is 2. The number of amides is 2. The lowest BCUT2D eigenvalue weighted by Gasteiger charge is -2.37. The van der Waals surface area contributed by atoms with Crippen LogP contribution in [0.2, 0.25) is 0 Å². The molecule has 1 atom stereocenters. The van der Waals surface area contributed by atoms with Gasteiger partial charge >= 0.3 is 0 Å². The second-order valence-corrected chi connectivity index (χ2v) is 7.53. The van der Waals surface area contributed by atoms with Crippen molar-refractivity contribution in [3.63, 3.8) is 0 Å². The summed E-state index contributed by atoms with van der Waals surface area (Å²) in [6, 6.07) is 7.33. The molecule has 29 heavy (non-hydrogen) atoms. The number of halogens is 1. The monoisotopic (exact) mass is 425 g/mol. The molecule has 0 radical (unpaired) electrons. The van der Waals surface area contributed by atoms with Gasteiger partial charge in [-0.2, -0.15) is 0 Å². The fourth-order valence-electron chi connectivity index (χ4n) is 3.87. The number of benzene rings is 1. The van der Waals surface area contributed by atoms with Gasteiger partial charge in [-0.3, -0.25) is 9.59 Å². The van der Waals surface area contributed by atoms with Gasteiger partial charge in [0.25, 0.3) is 0 Å². The van der Waals surface area contributed by atoms with Crippen LogP contribution in [0, 0.1) is 5.92 Å². The van der Waals surface area contributed by atoms with Gasteiger partial charge in [0.15, 0.2) is 0 Å². The van der Waals surface area contributed by atoms with Crippen LogP contribution in [-0.2, 0) is 20.7 Å². The van der Waals surface area contributed by atoms with Crippen molar-refractivity contribution in [2.75, 3.05) is 46.5 Å². The lowest BCUT2D eigenvalue weighted by Crippen LogP contribution is -2.56. The van der Waals surface area contributed by atoms with Gasteiger partial charge in [0.2, 0.25) is 11.8 Å². The third-order valence-electron chi connectivity index (χ3n) is 5.79. The number of piperazine rings is 1. The quantitative estimate of drug-likeness (QED) is 0.746. The van der Waals surface area contributed by atoms with E-state index in [0.717, 1.165) is 24.2 Å². The van der Waals surface area contributed by atoms with Gasteiger partial charge in [0, 0.05) is 45.8 Å². The Labute approximate surface area is 178 Å². The van der Waals surface area contributed by atoms with Gasteiger partial charge in [-0.05, 0) is 42.9 Å². The molecule has 2 amide bonds. The maximum atomic E-state index is 12.7. The third-order valence-corrected chi connectivity index (χ3v) is 5.79. The zero-order chi connectivity index (χ0) is 19.9. The van der Waals surface area contributed by atoms with E-state index in [4.69, 9.17) is 15.2 Å². The summed E-state index contributed by atoms with van der Waals surface area (Å²) in [6.07, 6.45) is 2.87. The Hall–Kier alpha value is -1.83. The molecule has 0 aromatic heterocycles. The first-order valence-corrected chi connectivity index (χ1v) is 10.1. The third kappa shape index (κ3) is 6.32. The molecule has 2 fully saturated rings. The summed E-state index contributed by atoms with van der Waals surface area (Å²) in [7, 11) is 1.64. The largest absolute Gasteiger partial charge is 0.497 e. The molecule has 3 rings (SSSR count). The van der Waals surface area contributed by atoms with Crippen molar-refractivity contribution in [1.29, 1.82) is 0 Å². The average Bonchev–Trinajstić information content (AvgIpc) is 2.77. The fourth-order valence-corrected chi connectivity index (χ4v) is 3.87. The Kier molecular flexibility index (Phi) is 9.20. The van der Waals surface area contributed by atoms with Crippen LogP contribution in [0.1, 0.15) is 24.8 Å². The lowest BCUT2D eigenvalue weighted by molar-refractivity contribution is -0.141. The lowest BCUT2D eigenvalue weighted by atomic mass is 9.91. The molecule has 2 aliphatic heterocycles. The molecule has 2 aliphatic rings. The highest BCUT2D eigenvalue weighted by Gasteiger charge is 2.32. The highest BCUT2D eigenvalue weighted by atomic mass is 35.5. The minimum absolute atomic E-state index is 0. The van der Waals surface area contributed by atoms with Crippen molar-refractivity contribution in [2.24, 2.45) is 11.7 Å². The molecule has 0 saturated carbocycles. The smallest absolute Gasteiger partial charge is 0.239 e. The van der Waals surface area contributed by atoms with Gasteiger partial charge in [0.05, 0.1) is 13.2 Å². The van der Waals surface area contributed by atoms with Crippen molar-refractivity contribution in [3.05, 3.63) is 29.8 Å². The van der Waals surface area contributed by atoms with Crippen LogP contribution in [0.4, 0.5) is 0 Å². The first-order valence-electron chi connectivity index (χ1n) is 10.1. The average molecular weight is 426 g/mol. The molecule has 2 heterocycles. The van der Waals surface area contributed by atoms with E-state index < -0.39 is 6.04 Å². The minimum atomic E-state index is -0.457. The van der Waals surface area contributed by atoms with Crippen LogP contribution in [0.25, 0.3) is 0 Å². The second-order valence-electron chi connectivity index (χ2n) is 7.53. The summed E-state index contributed by atoms with van der Waals surface area (Å²) in [5.74, 6) is 1.16. The van der Waals surface area contributed by atoms with Crippen molar-refractivity contribution in [3.8, 4) is 5.75 Å². The zero-order valence-electron chi connectivity index (χ0n) is 17.0. The van der Waals surface area contributed by atoms with E-state index in [1.54, 1.807) is 7.11 Å². The van der Waals surface area contributed by atoms with Gasteiger partial charge in [-0.1, -0.05) is 12.1 Å². The number of methoxy groups -OCH3 is 1. The van der Waals surface area contributed by atoms with Crippen LogP contribution in [0.5, 0.6) is 5.75 Å². The Morgan fingerprint density at radius 1 is 1.10 bits per heavy atom. The summed E-state index contributed by atoms with van der Waals surface area (Å²) in [5.41, 5.74) is 7.33. The molecule has 7 nitrogen and oxygen atoms in total. The Bertz CT molecular complexity index is 656. The normalized spacial score (nSPS) is 18.7. The molecule has 0 aliphatic carbocycles. The predicted octanol–water partition coefficient (Wildman–Crippen LogP) is 1.47. The summed E-state index contributed by atoms with van der Waals surface area (Å²) in [6.45, 7) is 3.64. The molecule has 1 aromatic rings. The van der Waals surface area contributed by atoms with Crippen molar-refractivity contribution in [2.45, 2.75) is 31.7 Å². The molecule has 2 saturated heterocycles. The van der Waals surface area contributed by atoms with E-state index in [9.17, 15) is 9.59 Å². The molecular formula is C21H32ClN3O4. The zero-order valence-corrected chi connectivity index (χ0v) is 17.9. The predicted molar refractivity (Wildman–Crippen MR) is 113 cm³/mol. The number of aryl methyl sites for hydroxylation is 1. The van der Waals surface area contributed by atoms with Crippen LogP contribution in [-0.4, -0.2) is 74.2 Å². The Morgan fingerprint density at radius 3 is 2.28 bits per heavy atom. The van der Waals surface area contributed by atoms with E-state index in [0.29, 0.717) is 52.2 Å². The van der Waals surface area contributed by atoms with Crippen LogP contribution >= 0.6 is 12.4 Å². The first kappa shape index (κ1) is 23.4. The summed E-state index contributed by atoms with van der Waals surface area (Å²) < 4.78 is 10.5. The van der Waals surface area contributed by atoms with E-state index in [-0.39, 0.29) is 30.1 Å². The SMILES string of the molecule is COc1ccc(CCC(=O)N2CCN(C(=O)C(N)C3CCOCC3)CC2)cc1.Cl.